The Bertz CT molecular complexity index is 2550. The molecule has 0 fully saturated rings. The molecule has 47 heavy (non-hydrogen) atoms. The summed E-state index contributed by atoms with van der Waals surface area (Å²) in [6.07, 6.45) is 0. The first-order valence-corrected chi connectivity index (χ1v) is 15.7. The van der Waals surface area contributed by atoms with Crippen LogP contribution in [0.3, 0.4) is 0 Å². The Hall–Kier alpha value is -6.39. The van der Waals surface area contributed by atoms with Gasteiger partial charge >= 0.3 is 0 Å². The molecule has 220 valence electrons. The summed E-state index contributed by atoms with van der Waals surface area (Å²) in [5.41, 5.74) is 9.22. The predicted molar refractivity (Wildman–Crippen MR) is 192 cm³/mol. The minimum absolute atomic E-state index is 0.638. The van der Waals surface area contributed by atoms with Crippen LogP contribution in [0.4, 0.5) is 0 Å². The number of aromatic nitrogens is 3. The molecule has 9 rings (SSSR count). The molecule has 0 aliphatic rings. The van der Waals surface area contributed by atoms with Crippen LogP contribution in [0.2, 0.25) is 0 Å². The number of nitrogens with zero attached hydrogens (tertiary/aromatic N) is 3. The second kappa shape index (κ2) is 11.2. The van der Waals surface area contributed by atoms with Crippen LogP contribution in [0.15, 0.2) is 168 Å². The highest BCUT2D eigenvalue weighted by atomic mass is 16.3. The van der Waals surface area contributed by atoms with E-state index in [1.165, 1.54) is 5.56 Å². The third kappa shape index (κ3) is 4.84. The Morgan fingerprint density at radius 3 is 1.49 bits per heavy atom. The fourth-order valence-electron chi connectivity index (χ4n) is 6.42. The normalized spacial score (nSPS) is 11.4. The lowest BCUT2D eigenvalue weighted by Gasteiger charge is -2.13. The molecule has 0 saturated heterocycles. The highest BCUT2D eigenvalue weighted by molar-refractivity contribution is 6.09. The lowest BCUT2D eigenvalue weighted by atomic mass is 9.94. The molecule has 0 amide bonds. The second-order valence-electron chi connectivity index (χ2n) is 11.6. The van der Waals surface area contributed by atoms with Crippen LogP contribution in [-0.2, 0) is 0 Å². The predicted octanol–water partition coefficient (Wildman–Crippen LogP) is 11.3. The average molecular weight is 602 g/mol. The van der Waals surface area contributed by atoms with Crippen molar-refractivity contribution < 1.29 is 4.42 Å². The first-order valence-electron chi connectivity index (χ1n) is 15.7. The van der Waals surface area contributed by atoms with Gasteiger partial charge in [-0.15, -0.1) is 0 Å². The van der Waals surface area contributed by atoms with E-state index in [0.29, 0.717) is 17.5 Å². The summed E-state index contributed by atoms with van der Waals surface area (Å²) in [5, 5.41) is 4.44. The lowest BCUT2D eigenvalue weighted by molar-refractivity contribution is 0.669. The van der Waals surface area contributed by atoms with Gasteiger partial charge in [0.2, 0.25) is 0 Å². The van der Waals surface area contributed by atoms with Gasteiger partial charge in [0.05, 0.1) is 0 Å². The lowest BCUT2D eigenvalue weighted by Crippen LogP contribution is -2.00. The quantitative estimate of drug-likeness (QED) is 0.197. The molecular weight excluding hydrogens is 574 g/mol. The standard InChI is InChI=1S/C43H27N3O/c1-3-11-28(12-4-1)29-19-21-31(22-20-29)42-44-41(30-13-5-2-6-14-30)45-43(46-42)37-25-24-33(34-15-7-8-16-35(34)37)32-23-26-40-38(27-32)36-17-9-10-18-39(36)47-40/h1-27H. The first-order chi connectivity index (χ1) is 23.3. The zero-order valence-corrected chi connectivity index (χ0v) is 25.3. The van der Waals surface area contributed by atoms with Gasteiger partial charge in [0, 0.05) is 27.5 Å². The molecule has 2 aromatic heterocycles. The molecule has 0 N–H and O–H groups in total. The largest absolute Gasteiger partial charge is 0.456 e. The van der Waals surface area contributed by atoms with Gasteiger partial charge in [-0.05, 0) is 57.3 Å². The maximum atomic E-state index is 6.11. The molecule has 0 aliphatic heterocycles. The Kier molecular flexibility index (Phi) is 6.43. The Labute approximate surface area is 271 Å². The summed E-state index contributed by atoms with van der Waals surface area (Å²) in [6, 6.07) is 56.4. The summed E-state index contributed by atoms with van der Waals surface area (Å²) >= 11 is 0. The summed E-state index contributed by atoms with van der Waals surface area (Å²) < 4.78 is 6.11. The highest BCUT2D eigenvalue weighted by Gasteiger charge is 2.17. The second-order valence-corrected chi connectivity index (χ2v) is 11.6. The third-order valence-corrected chi connectivity index (χ3v) is 8.77. The molecule has 0 bridgehead atoms. The van der Waals surface area contributed by atoms with Crippen LogP contribution in [0.1, 0.15) is 0 Å². The molecule has 2 heterocycles. The number of rotatable bonds is 5. The van der Waals surface area contributed by atoms with Crippen LogP contribution < -0.4 is 0 Å². The molecular formula is C43H27N3O. The molecule has 0 unspecified atom stereocenters. The Morgan fingerprint density at radius 1 is 0.298 bits per heavy atom. The van der Waals surface area contributed by atoms with E-state index >= 15 is 0 Å². The van der Waals surface area contributed by atoms with Crippen molar-refractivity contribution in [3.8, 4) is 56.4 Å². The summed E-state index contributed by atoms with van der Waals surface area (Å²) in [4.78, 5) is 15.1. The third-order valence-electron chi connectivity index (χ3n) is 8.77. The van der Waals surface area contributed by atoms with Crippen molar-refractivity contribution in [1.29, 1.82) is 0 Å². The molecule has 0 saturated carbocycles. The minimum atomic E-state index is 0.638. The maximum absolute atomic E-state index is 6.11. The Balaban J connectivity index is 1.20. The smallest absolute Gasteiger partial charge is 0.164 e. The van der Waals surface area contributed by atoms with E-state index in [4.69, 9.17) is 19.4 Å². The van der Waals surface area contributed by atoms with Crippen LogP contribution >= 0.6 is 0 Å². The van der Waals surface area contributed by atoms with E-state index in [1.54, 1.807) is 0 Å². The molecule has 4 heteroatoms. The number of para-hydroxylation sites is 1. The van der Waals surface area contributed by atoms with Crippen molar-refractivity contribution in [2.45, 2.75) is 0 Å². The molecule has 7 aromatic carbocycles. The van der Waals surface area contributed by atoms with Crippen molar-refractivity contribution in [1.82, 2.24) is 15.0 Å². The summed E-state index contributed by atoms with van der Waals surface area (Å²) in [5.74, 6) is 1.92. The molecule has 9 aromatic rings. The van der Waals surface area contributed by atoms with Crippen LogP contribution in [0.5, 0.6) is 0 Å². The molecule has 0 spiro atoms. The van der Waals surface area contributed by atoms with Crippen LogP contribution in [0.25, 0.3) is 89.1 Å². The maximum Gasteiger partial charge on any atom is 0.164 e. The molecule has 0 radical (unpaired) electrons. The van der Waals surface area contributed by atoms with E-state index in [1.807, 2.05) is 48.5 Å². The van der Waals surface area contributed by atoms with Gasteiger partial charge < -0.3 is 4.42 Å². The SMILES string of the molecule is c1ccc(-c2ccc(-c3nc(-c4ccccc4)nc(-c4ccc(-c5ccc6oc7ccccc7c6c5)c5ccccc45)n3)cc2)cc1. The fourth-order valence-corrected chi connectivity index (χ4v) is 6.42. The van der Waals surface area contributed by atoms with E-state index < -0.39 is 0 Å². The van der Waals surface area contributed by atoms with E-state index in [-0.39, 0.29) is 0 Å². The fraction of sp³-hybridized carbons (Fsp3) is 0. The van der Waals surface area contributed by atoms with Crippen LogP contribution in [0, 0.1) is 0 Å². The van der Waals surface area contributed by atoms with Gasteiger partial charge in [-0.2, -0.15) is 0 Å². The van der Waals surface area contributed by atoms with Gasteiger partial charge in [-0.1, -0.05) is 140 Å². The number of benzene rings is 7. The molecule has 0 atom stereocenters. The van der Waals surface area contributed by atoms with Crippen molar-refractivity contribution in [3.63, 3.8) is 0 Å². The number of hydrogen-bond donors (Lipinski definition) is 0. The number of furan rings is 1. The van der Waals surface area contributed by atoms with E-state index in [9.17, 15) is 0 Å². The van der Waals surface area contributed by atoms with Gasteiger partial charge in [0.1, 0.15) is 11.2 Å². The van der Waals surface area contributed by atoms with E-state index in [0.717, 1.165) is 66.1 Å². The van der Waals surface area contributed by atoms with E-state index in [2.05, 4.69) is 115 Å². The van der Waals surface area contributed by atoms with Gasteiger partial charge in [0.15, 0.2) is 17.5 Å². The zero-order valence-electron chi connectivity index (χ0n) is 25.3. The average Bonchev–Trinajstić information content (AvgIpc) is 3.53. The zero-order chi connectivity index (χ0) is 31.2. The van der Waals surface area contributed by atoms with Crippen molar-refractivity contribution in [2.24, 2.45) is 0 Å². The van der Waals surface area contributed by atoms with Gasteiger partial charge in [0.25, 0.3) is 0 Å². The van der Waals surface area contributed by atoms with Crippen molar-refractivity contribution in [3.05, 3.63) is 164 Å². The number of fused-ring (bicyclic) bond motifs is 4. The van der Waals surface area contributed by atoms with Crippen LogP contribution in [-0.4, -0.2) is 15.0 Å². The molecule has 4 nitrogen and oxygen atoms in total. The Morgan fingerprint density at radius 2 is 0.766 bits per heavy atom. The number of hydrogen-bond acceptors (Lipinski definition) is 4. The van der Waals surface area contributed by atoms with Gasteiger partial charge in [-0.3, -0.25) is 0 Å². The van der Waals surface area contributed by atoms with Gasteiger partial charge in [-0.25, -0.2) is 15.0 Å². The summed E-state index contributed by atoms with van der Waals surface area (Å²) in [6.45, 7) is 0. The van der Waals surface area contributed by atoms with Crippen molar-refractivity contribution >= 4 is 32.7 Å². The topological polar surface area (TPSA) is 51.8 Å². The monoisotopic (exact) mass is 601 g/mol. The molecule has 0 aliphatic carbocycles. The van der Waals surface area contributed by atoms with Crippen molar-refractivity contribution in [2.75, 3.05) is 0 Å². The first kappa shape index (κ1) is 27.0. The highest BCUT2D eigenvalue weighted by Crippen LogP contribution is 2.38. The minimum Gasteiger partial charge on any atom is -0.456 e. The summed E-state index contributed by atoms with van der Waals surface area (Å²) in [7, 11) is 0.